The highest BCUT2D eigenvalue weighted by Crippen LogP contribution is 2.27. The zero-order chi connectivity index (χ0) is 14.5. The summed E-state index contributed by atoms with van der Waals surface area (Å²) >= 11 is 0. The lowest BCUT2D eigenvalue weighted by Crippen LogP contribution is -2.37. The molecule has 4 N–H and O–H groups in total. The average molecular weight is 312 g/mol. The second kappa shape index (κ2) is 8.00. The summed E-state index contributed by atoms with van der Waals surface area (Å²) in [7, 11) is 0. The van der Waals surface area contributed by atoms with E-state index >= 15 is 0 Å². The third-order valence-corrected chi connectivity index (χ3v) is 3.55. The van der Waals surface area contributed by atoms with E-state index in [2.05, 4.69) is 10.6 Å². The molecule has 2 amide bonds. The van der Waals surface area contributed by atoms with Gasteiger partial charge in [-0.15, -0.1) is 12.4 Å². The standard InChI is InChI=1S/C15H21N3O2.ClH/c1-10(16)14(19)17-9-11-4-2-7-13(8-11)18-15(20)12-5-3-6-12;/h2,4,7-8,10,12H,3,5-6,9,16H2,1H3,(H,17,19)(H,18,20);1H/t10-;/m1./s1. The van der Waals surface area contributed by atoms with Crippen LogP contribution in [0.3, 0.4) is 0 Å². The summed E-state index contributed by atoms with van der Waals surface area (Å²) in [5.41, 5.74) is 7.19. The Morgan fingerprint density at radius 2 is 2.10 bits per heavy atom. The number of carbonyl (C=O) groups excluding carboxylic acids is 2. The van der Waals surface area contributed by atoms with Crippen molar-refractivity contribution in [2.24, 2.45) is 11.7 Å². The molecule has 0 saturated heterocycles. The maximum Gasteiger partial charge on any atom is 0.236 e. The molecule has 21 heavy (non-hydrogen) atoms. The molecule has 0 bridgehead atoms. The van der Waals surface area contributed by atoms with Crippen LogP contribution in [0.2, 0.25) is 0 Å². The number of nitrogens with one attached hydrogen (secondary N) is 2. The van der Waals surface area contributed by atoms with Crippen LogP contribution in [-0.4, -0.2) is 17.9 Å². The zero-order valence-electron chi connectivity index (χ0n) is 12.1. The fraction of sp³-hybridized carbons (Fsp3) is 0.467. The molecule has 5 nitrogen and oxygen atoms in total. The summed E-state index contributed by atoms with van der Waals surface area (Å²) in [5, 5.41) is 5.67. The number of halogens is 1. The highest BCUT2D eigenvalue weighted by molar-refractivity contribution is 5.93. The van der Waals surface area contributed by atoms with Gasteiger partial charge in [0.15, 0.2) is 0 Å². The first-order valence-corrected chi connectivity index (χ1v) is 6.99. The van der Waals surface area contributed by atoms with Crippen molar-refractivity contribution in [3.63, 3.8) is 0 Å². The first kappa shape index (κ1) is 17.5. The highest BCUT2D eigenvalue weighted by Gasteiger charge is 2.25. The SMILES string of the molecule is C[C@@H](N)C(=O)NCc1cccc(NC(=O)C2CCC2)c1.Cl. The van der Waals surface area contributed by atoms with E-state index in [1.165, 1.54) is 0 Å². The zero-order valence-corrected chi connectivity index (χ0v) is 12.9. The van der Waals surface area contributed by atoms with E-state index < -0.39 is 6.04 Å². The third-order valence-electron chi connectivity index (χ3n) is 3.55. The van der Waals surface area contributed by atoms with E-state index in [0.29, 0.717) is 6.54 Å². The van der Waals surface area contributed by atoms with Crippen LogP contribution in [0.25, 0.3) is 0 Å². The first-order valence-electron chi connectivity index (χ1n) is 6.99. The number of hydrogen-bond acceptors (Lipinski definition) is 3. The summed E-state index contributed by atoms with van der Waals surface area (Å²) in [6.45, 7) is 2.05. The van der Waals surface area contributed by atoms with Gasteiger partial charge in [-0.3, -0.25) is 9.59 Å². The van der Waals surface area contributed by atoms with E-state index in [1.54, 1.807) is 6.92 Å². The first-order chi connectivity index (χ1) is 9.56. The molecule has 1 aromatic carbocycles. The number of hydrogen-bond donors (Lipinski definition) is 3. The smallest absolute Gasteiger partial charge is 0.236 e. The van der Waals surface area contributed by atoms with E-state index in [0.717, 1.165) is 30.5 Å². The van der Waals surface area contributed by atoms with Crippen LogP contribution in [-0.2, 0) is 16.1 Å². The molecule has 1 aliphatic carbocycles. The van der Waals surface area contributed by atoms with Gasteiger partial charge in [0.05, 0.1) is 6.04 Å². The lowest BCUT2D eigenvalue weighted by Gasteiger charge is -2.24. The van der Waals surface area contributed by atoms with Gasteiger partial charge in [-0.05, 0) is 37.5 Å². The average Bonchev–Trinajstić information content (AvgIpc) is 2.34. The highest BCUT2D eigenvalue weighted by atomic mass is 35.5. The number of amides is 2. The van der Waals surface area contributed by atoms with Crippen LogP contribution in [0.4, 0.5) is 5.69 Å². The maximum absolute atomic E-state index is 11.9. The van der Waals surface area contributed by atoms with E-state index in [4.69, 9.17) is 5.73 Å². The van der Waals surface area contributed by atoms with E-state index in [9.17, 15) is 9.59 Å². The van der Waals surface area contributed by atoms with Gasteiger partial charge in [0.2, 0.25) is 11.8 Å². The molecule has 6 heteroatoms. The summed E-state index contributed by atoms with van der Waals surface area (Å²) in [6.07, 6.45) is 3.10. The molecule has 1 fully saturated rings. The van der Waals surface area contributed by atoms with Crippen molar-refractivity contribution < 1.29 is 9.59 Å². The van der Waals surface area contributed by atoms with Gasteiger partial charge in [0, 0.05) is 18.2 Å². The summed E-state index contributed by atoms with van der Waals surface area (Å²) in [6, 6.07) is 6.98. The van der Waals surface area contributed by atoms with Gasteiger partial charge in [-0.2, -0.15) is 0 Å². The maximum atomic E-state index is 11.9. The lowest BCUT2D eigenvalue weighted by atomic mass is 9.85. The molecule has 116 valence electrons. The van der Waals surface area contributed by atoms with Gasteiger partial charge < -0.3 is 16.4 Å². The fourth-order valence-corrected chi connectivity index (χ4v) is 2.02. The molecule has 1 aromatic rings. The van der Waals surface area contributed by atoms with Crippen molar-refractivity contribution in [2.75, 3.05) is 5.32 Å². The van der Waals surface area contributed by atoms with Crippen molar-refractivity contribution in [3.05, 3.63) is 29.8 Å². The van der Waals surface area contributed by atoms with Crippen molar-refractivity contribution in [1.29, 1.82) is 0 Å². The minimum Gasteiger partial charge on any atom is -0.351 e. The van der Waals surface area contributed by atoms with Crippen molar-refractivity contribution >= 4 is 29.9 Å². The molecule has 0 aromatic heterocycles. The van der Waals surface area contributed by atoms with Gasteiger partial charge in [-0.25, -0.2) is 0 Å². The van der Waals surface area contributed by atoms with Gasteiger partial charge >= 0.3 is 0 Å². The quantitative estimate of drug-likeness (QED) is 0.775. The summed E-state index contributed by atoms with van der Waals surface area (Å²) < 4.78 is 0. The molecule has 2 rings (SSSR count). The normalized spacial score (nSPS) is 15.3. The van der Waals surface area contributed by atoms with Crippen LogP contribution in [0.15, 0.2) is 24.3 Å². The van der Waals surface area contributed by atoms with E-state index in [1.807, 2.05) is 24.3 Å². The predicted molar refractivity (Wildman–Crippen MR) is 85.2 cm³/mol. The van der Waals surface area contributed by atoms with Crippen LogP contribution < -0.4 is 16.4 Å². The second-order valence-electron chi connectivity index (χ2n) is 5.32. The Hall–Kier alpha value is -1.59. The van der Waals surface area contributed by atoms with Crippen molar-refractivity contribution in [3.8, 4) is 0 Å². The number of rotatable bonds is 5. The number of carbonyl (C=O) groups is 2. The molecule has 1 aliphatic rings. The predicted octanol–water partition coefficient (Wildman–Crippen LogP) is 1.81. The van der Waals surface area contributed by atoms with Gasteiger partial charge in [0.25, 0.3) is 0 Å². The van der Waals surface area contributed by atoms with E-state index in [-0.39, 0.29) is 30.1 Å². The summed E-state index contributed by atoms with van der Waals surface area (Å²) in [4.78, 5) is 23.3. The topological polar surface area (TPSA) is 84.2 Å². The Kier molecular flexibility index (Phi) is 6.65. The summed E-state index contributed by atoms with van der Waals surface area (Å²) in [5.74, 6) is 0.0679. The van der Waals surface area contributed by atoms with Crippen LogP contribution in [0.5, 0.6) is 0 Å². The minimum atomic E-state index is -0.517. The Labute approximate surface area is 131 Å². The molecule has 0 radical (unpaired) electrons. The Bertz CT molecular complexity index is 501. The van der Waals surface area contributed by atoms with Gasteiger partial charge in [-0.1, -0.05) is 18.6 Å². The molecule has 0 unspecified atom stereocenters. The molecule has 1 atom stereocenters. The molecule has 0 spiro atoms. The van der Waals surface area contributed by atoms with Crippen LogP contribution in [0.1, 0.15) is 31.7 Å². The monoisotopic (exact) mass is 311 g/mol. The number of nitrogens with two attached hydrogens (primary N) is 1. The lowest BCUT2D eigenvalue weighted by molar-refractivity contribution is -0.122. The second-order valence-corrected chi connectivity index (χ2v) is 5.32. The molecular formula is C15H22ClN3O2. The minimum absolute atomic E-state index is 0. The van der Waals surface area contributed by atoms with Gasteiger partial charge in [0.1, 0.15) is 0 Å². The Morgan fingerprint density at radius 1 is 1.38 bits per heavy atom. The Morgan fingerprint density at radius 3 is 2.67 bits per heavy atom. The fourth-order valence-electron chi connectivity index (χ4n) is 2.02. The largest absolute Gasteiger partial charge is 0.351 e. The molecule has 1 saturated carbocycles. The third kappa shape index (κ3) is 5.02. The molecular weight excluding hydrogens is 290 g/mol. The van der Waals surface area contributed by atoms with Crippen LogP contribution >= 0.6 is 12.4 Å². The Balaban J connectivity index is 0.00000220. The molecule has 0 heterocycles. The molecule has 0 aliphatic heterocycles. The number of benzene rings is 1. The van der Waals surface area contributed by atoms with Crippen molar-refractivity contribution in [2.45, 2.75) is 38.8 Å². The van der Waals surface area contributed by atoms with Crippen molar-refractivity contribution in [1.82, 2.24) is 5.32 Å². The number of anilines is 1. The van der Waals surface area contributed by atoms with Crippen LogP contribution in [0, 0.1) is 5.92 Å².